The van der Waals surface area contributed by atoms with Crippen molar-refractivity contribution in [2.24, 2.45) is 0 Å². The Morgan fingerprint density at radius 2 is 1.81 bits per heavy atom. The molecule has 0 radical (unpaired) electrons. The van der Waals surface area contributed by atoms with E-state index < -0.39 is 0 Å². The Morgan fingerprint density at radius 1 is 1.06 bits per heavy atom. The van der Waals surface area contributed by atoms with E-state index in [1.54, 1.807) is 49.4 Å². The monoisotopic (exact) mass is 463 g/mol. The second kappa shape index (κ2) is 9.93. The highest BCUT2D eigenvalue weighted by atomic mass is 32.2. The van der Waals surface area contributed by atoms with Gasteiger partial charge in [-0.3, -0.25) is 4.79 Å². The minimum atomic E-state index is -0.383. The number of carbonyl (C=O) groups excluding carboxylic acids is 2. The number of benzene rings is 2. The molecule has 2 aromatic carbocycles. The molecule has 0 aliphatic rings. The third-order valence-corrected chi connectivity index (χ3v) is 6.38. The Labute approximate surface area is 194 Å². The molecule has 6 nitrogen and oxygen atoms in total. The van der Waals surface area contributed by atoms with Crippen LogP contribution in [0.1, 0.15) is 24.2 Å². The Bertz CT molecular complexity index is 1240. The molecule has 4 aromatic rings. The number of esters is 1. The summed E-state index contributed by atoms with van der Waals surface area (Å²) in [5.74, 6) is -0.338. The number of rotatable bonds is 7. The summed E-state index contributed by atoms with van der Waals surface area (Å²) in [6.07, 6.45) is 1.35. The first-order valence-corrected chi connectivity index (χ1v) is 11.9. The van der Waals surface area contributed by atoms with Crippen molar-refractivity contribution in [1.29, 1.82) is 0 Å². The molecule has 8 heteroatoms. The Balaban J connectivity index is 1.43. The van der Waals surface area contributed by atoms with E-state index in [0.29, 0.717) is 11.3 Å². The summed E-state index contributed by atoms with van der Waals surface area (Å²) < 4.78 is 5.17. The number of nitrogens with zero attached hydrogens (tertiary/aromatic N) is 2. The summed E-state index contributed by atoms with van der Waals surface area (Å²) in [7, 11) is 0. The molecule has 4 rings (SSSR count). The zero-order chi connectivity index (χ0) is 22.5. The fourth-order valence-electron chi connectivity index (χ4n) is 3.09. The van der Waals surface area contributed by atoms with Crippen LogP contribution in [0.4, 0.5) is 5.69 Å². The average molecular weight is 464 g/mol. The number of aromatic nitrogens is 2. The van der Waals surface area contributed by atoms with Gasteiger partial charge in [-0.1, -0.05) is 42.1 Å². The van der Waals surface area contributed by atoms with Gasteiger partial charge in [-0.15, -0.1) is 11.3 Å². The molecular formula is C24H21N3O3S2. The van der Waals surface area contributed by atoms with E-state index >= 15 is 0 Å². The van der Waals surface area contributed by atoms with Crippen molar-refractivity contribution >= 4 is 50.9 Å². The fourth-order valence-corrected chi connectivity index (χ4v) is 4.88. The summed E-state index contributed by atoms with van der Waals surface area (Å²) >= 11 is 2.94. The van der Waals surface area contributed by atoms with Gasteiger partial charge in [-0.05, 0) is 43.7 Å². The molecule has 162 valence electrons. The number of anilines is 1. The van der Waals surface area contributed by atoms with Crippen molar-refractivity contribution in [2.45, 2.75) is 25.0 Å². The highest BCUT2D eigenvalue weighted by Gasteiger charge is 2.15. The molecule has 0 bridgehead atoms. The first kappa shape index (κ1) is 22.0. The lowest BCUT2D eigenvalue weighted by Crippen LogP contribution is -2.15. The summed E-state index contributed by atoms with van der Waals surface area (Å²) in [5, 5.41) is 6.67. The third-order valence-electron chi connectivity index (χ3n) is 4.51. The Kier molecular flexibility index (Phi) is 6.82. The van der Waals surface area contributed by atoms with Gasteiger partial charge in [0.15, 0.2) is 0 Å². The van der Waals surface area contributed by atoms with Crippen LogP contribution in [0.15, 0.2) is 71.3 Å². The van der Waals surface area contributed by atoms with E-state index in [1.807, 2.05) is 18.2 Å². The molecule has 0 aliphatic carbocycles. The van der Waals surface area contributed by atoms with E-state index in [1.165, 1.54) is 18.1 Å². The van der Waals surface area contributed by atoms with Gasteiger partial charge >= 0.3 is 5.97 Å². The SMILES string of the molecule is CC(C)OC(=O)c1ccc(NC(=O)CSc2ncnc3scc(-c4ccccc4)c23)cc1. The molecule has 1 N–H and O–H groups in total. The van der Waals surface area contributed by atoms with Crippen LogP contribution in [0.3, 0.4) is 0 Å². The van der Waals surface area contributed by atoms with Gasteiger partial charge in [0.1, 0.15) is 16.2 Å². The van der Waals surface area contributed by atoms with Gasteiger partial charge in [0.25, 0.3) is 0 Å². The number of thioether (sulfide) groups is 1. The summed E-state index contributed by atoms with van der Waals surface area (Å²) in [5.41, 5.74) is 3.22. The van der Waals surface area contributed by atoms with Crippen LogP contribution >= 0.6 is 23.1 Å². The molecule has 0 aliphatic heterocycles. The zero-order valence-electron chi connectivity index (χ0n) is 17.6. The topological polar surface area (TPSA) is 81.2 Å². The third kappa shape index (κ3) is 5.15. The van der Waals surface area contributed by atoms with Crippen molar-refractivity contribution in [1.82, 2.24) is 9.97 Å². The lowest BCUT2D eigenvalue weighted by atomic mass is 10.1. The number of hydrogen-bond acceptors (Lipinski definition) is 7. The highest BCUT2D eigenvalue weighted by Crippen LogP contribution is 2.37. The van der Waals surface area contributed by atoms with Gasteiger partial charge in [0.05, 0.1) is 22.8 Å². The second-order valence-electron chi connectivity index (χ2n) is 7.24. The molecule has 32 heavy (non-hydrogen) atoms. The molecule has 2 heterocycles. The maximum Gasteiger partial charge on any atom is 0.338 e. The zero-order valence-corrected chi connectivity index (χ0v) is 19.2. The molecule has 0 fully saturated rings. The molecule has 2 aromatic heterocycles. The number of hydrogen-bond donors (Lipinski definition) is 1. The molecular weight excluding hydrogens is 442 g/mol. The molecule has 0 unspecified atom stereocenters. The number of ether oxygens (including phenoxy) is 1. The summed E-state index contributed by atoms with van der Waals surface area (Å²) in [6.45, 7) is 3.60. The van der Waals surface area contributed by atoms with Crippen molar-refractivity contribution < 1.29 is 14.3 Å². The predicted octanol–water partition coefficient (Wildman–Crippen LogP) is 5.65. The van der Waals surface area contributed by atoms with Crippen molar-refractivity contribution in [2.75, 3.05) is 11.1 Å². The molecule has 0 saturated carbocycles. The Morgan fingerprint density at radius 3 is 2.53 bits per heavy atom. The van der Waals surface area contributed by atoms with Gasteiger partial charge in [0.2, 0.25) is 5.91 Å². The van der Waals surface area contributed by atoms with E-state index in [0.717, 1.165) is 26.4 Å². The maximum absolute atomic E-state index is 12.5. The minimum absolute atomic E-state index is 0.157. The maximum atomic E-state index is 12.5. The molecule has 0 saturated heterocycles. The van der Waals surface area contributed by atoms with E-state index in [9.17, 15) is 9.59 Å². The summed E-state index contributed by atoms with van der Waals surface area (Å²) in [4.78, 5) is 34.2. The second-order valence-corrected chi connectivity index (χ2v) is 9.06. The van der Waals surface area contributed by atoms with E-state index in [-0.39, 0.29) is 23.7 Å². The van der Waals surface area contributed by atoms with Gasteiger partial charge in [0, 0.05) is 16.6 Å². The van der Waals surface area contributed by atoms with Crippen molar-refractivity contribution in [3.05, 3.63) is 71.9 Å². The highest BCUT2D eigenvalue weighted by molar-refractivity contribution is 8.00. The van der Waals surface area contributed by atoms with Gasteiger partial charge < -0.3 is 10.1 Å². The number of nitrogens with one attached hydrogen (secondary N) is 1. The lowest BCUT2D eigenvalue weighted by Gasteiger charge is -2.09. The molecule has 1 amide bonds. The van der Waals surface area contributed by atoms with Crippen LogP contribution < -0.4 is 5.32 Å². The van der Waals surface area contributed by atoms with Crippen LogP contribution in [0, 0.1) is 0 Å². The van der Waals surface area contributed by atoms with Crippen LogP contribution in [-0.2, 0) is 9.53 Å². The largest absolute Gasteiger partial charge is 0.459 e. The standard InChI is InChI=1S/C24H21N3O3S2/c1-15(2)30-24(29)17-8-10-18(11-9-17)27-20(28)13-32-23-21-19(16-6-4-3-5-7-16)12-31-22(21)25-14-26-23/h3-12,14-15H,13H2,1-2H3,(H,27,28). The van der Waals surface area contributed by atoms with Gasteiger partial charge in [-0.2, -0.15) is 0 Å². The van der Waals surface area contributed by atoms with Crippen LogP contribution in [-0.4, -0.2) is 33.7 Å². The first-order valence-electron chi connectivity index (χ1n) is 10.0. The van der Waals surface area contributed by atoms with Crippen LogP contribution in [0.5, 0.6) is 0 Å². The average Bonchev–Trinajstić information content (AvgIpc) is 3.23. The summed E-state index contributed by atoms with van der Waals surface area (Å²) in [6, 6.07) is 16.7. The number of carbonyl (C=O) groups is 2. The molecule has 0 spiro atoms. The first-order chi connectivity index (χ1) is 15.5. The Hall–Kier alpha value is -3.23. The quantitative estimate of drug-likeness (QED) is 0.217. The lowest BCUT2D eigenvalue weighted by molar-refractivity contribution is -0.113. The van der Waals surface area contributed by atoms with E-state index in [2.05, 4.69) is 32.8 Å². The fraction of sp³-hybridized carbons (Fsp3) is 0.167. The van der Waals surface area contributed by atoms with Crippen molar-refractivity contribution in [3.8, 4) is 11.1 Å². The molecule has 0 atom stereocenters. The van der Waals surface area contributed by atoms with Crippen LogP contribution in [0.25, 0.3) is 21.3 Å². The normalized spacial score (nSPS) is 11.0. The van der Waals surface area contributed by atoms with Gasteiger partial charge in [-0.25, -0.2) is 14.8 Å². The number of thiophene rings is 1. The number of fused-ring (bicyclic) bond motifs is 1. The minimum Gasteiger partial charge on any atom is -0.459 e. The number of amides is 1. The predicted molar refractivity (Wildman–Crippen MR) is 129 cm³/mol. The van der Waals surface area contributed by atoms with Crippen LogP contribution in [0.2, 0.25) is 0 Å². The smallest absolute Gasteiger partial charge is 0.338 e. The van der Waals surface area contributed by atoms with Crippen molar-refractivity contribution in [3.63, 3.8) is 0 Å². The van der Waals surface area contributed by atoms with E-state index in [4.69, 9.17) is 4.74 Å².